The summed E-state index contributed by atoms with van der Waals surface area (Å²) in [5, 5.41) is 25.4. The summed E-state index contributed by atoms with van der Waals surface area (Å²) < 4.78 is 6.02. The predicted octanol–water partition coefficient (Wildman–Crippen LogP) is 3.55. The maximum absolute atomic E-state index is 11.1. The number of alkyl halides is 1. The third kappa shape index (κ3) is 9.26. The van der Waals surface area contributed by atoms with E-state index in [0.29, 0.717) is 23.0 Å². The molecule has 5 atom stereocenters. The zero-order valence-corrected chi connectivity index (χ0v) is 20.2. The molecular formula is C21H43IN2O3. The van der Waals surface area contributed by atoms with Crippen molar-refractivity contribution in [1.82, 2.24) is 10.2 Å². The van der Waals surface area contributed by atoms with Crippen molar-refractivity contribution >= 4 is 22.6 Å². The van der Waals surface area contributed by atoms with Crippen molar-refractivity contribution in [3.8, 4) is 0 Å². The molecule has 0 aliphatic carbocycles. The summed E-state index contributed by atoms with van der Waals surface area (Å²) in [4.78, 5) is 2.14. The summed E-state index contributed by atoms with van der Waals surface area (Å²) in [6.07, 6.45) is 5.57. The van der Waals surface area contributed by atoms with Crippen LogP contribution in [0.5, 0.6) is 0 Å². The van der Waals surface area contributed by atoms with Gasteiger partial charge < -0.3 is 20.3 Å². The SMILES string of the molecule is CCCCCC(I)CN(C(O)CNCCC)[C@@H](CC(C)C)C(O)C1(C)CO1. The second kappa shape index (κ2) is 13.0. The molecule has 1 saturated heterocycles. The number of epoxide rings is 1. The van der Waals surface area contributed by atoms with Crippen LogP contribution in [-0.4, -0.2) is 69.3 Å². The Morgan fingerprint density at radius 1 is 1.19 bits per heavy atom. The number of hydrogen-bond acceptors (Lipinski definition) is 5. The zero-order chi connectivity index (χ0) is 20.4. The summed E-state index contributed by atoms with van der Waals surface area (Å²) >= 11 is 2.52. The van der Waals surface area contributed by atoms with Crippen molar-refractivity contribution in [2.45, 2.75) is 101 Å². The van der Waals surface area contributed by atoms with Crippen LogP contribution in [0.3, 0.4) is 0 Å². The van der Waals surface area contributed by atoms with Gasteiger partial charge in [-0.3, -0.25) is 4.90 Å². The number of nitrogens with zero attached hydrogens (tertiary/aromatic N) is 1. The number of aliphatic hydroxyl groups is 2. The lowest BCUT2D eigenvalue weighted by molar-refractivity contribution is -0.0825. The highest BCUT2D eigenvalue weighted by Crippen LogP contribution is 2.35. The highest BCUT2D eigenvalue weighted by Gasteiger charge is 2.51. The van der Waals surface area contributed by atoms with Crippen molar-refractivity contribution in [3.05, 3.63) is 0 Å². The molecule has 1 rings (SSSR count). The van der Waals surface area contributed by atoms with Gasteiger partial charge >= 0.3 is 0 Å². The number of unbranched alkanes of at least 4 members (excludes halogenated alkanes) is 2. The van der Waals surface area contributed by atoms with Crippen molar-refractivity contribution in [3.63, 3.8) is 0 Å². The minimum Gasteiger partial charge on any atom is -0.388 e. The number of hydrogen-bond donors (Lipinski definition) is 3. The smallest absolute Gasteiger partial charge is 0.120 e. The quantitative estimate of drug-likeness (QED) is 0.0999. The molecule has 1 aliphatic rings. The van der Waals surface area contributed by atoms with Crippen molar-refractivity contribution in [1.29, 1.82) is 0 Å². The molecule has 162 valence electrons. The van der Waals surface area contributed by atoms with Gasteiger partial charge in [-0.05, 0) is 38.6 Å². The van der Waals surface area contributed by atoms with E-state index in [1.165, 1.54) is 19.3 Å². The molecule has 1 heterocycles. The zero-order valence-electron chi connectivity index (χ0n) is 18.1. The molecule has 0 aromatic heterocycles. The van der Waals surface area contributed by atoms with E-state index in [0.717, 1.165) is 32.4 Å². The molecule has 0 aromatic rings. The molecule has 4 unspecified atom stereocenters. The monoisotopic (exact) mass is 498 g/mol. The van der Waals surface area contributed by atoms with E-state index in [-0.39, 0.29) is 6.04 Å². The second-order valence-electron chi connectivity index (χ2n) is 8.72. The standard InChI is InChI=1S/C21H43IN2O3/c1-6-8-9-10-17(22)14-24(19(25)13-23-11-7-2)18(12-16(3)4)20(26)21(5)15-27-21/h16-20,23,25-26H,6-15H2,1-5H3/t17?,18-,19?,20?,21?/m0/s1. The first-order valence-electron chi connectivity index (χ1n) is 10.9. The molecule has 27 heavy (non-hydrogen) atoms. The van der Waals surface area contributed by atoms with E-state index in [4.69, 9.17) is 4.74 Å². The number of halogens is 1. The molecule has 0 spiro atoms. The van der Waals surface area contributed by atoms with Gasteiger partial charge in [0.1, 0.15) is 17.9 Å². The van der Waals surface area contributed by atoms with E-state index in [9.17, 15) is 10.2 Å². The van der Waals surface area contributed by atoms with Gasteiger partial charge in [0.2, 0.25) is 0 Å². The number of nitrogens with one attached hydrogen (secondary N) is 1. The predicted molar refractivity (Wildman–Crippen MR) is 121 cm³/mol. The van der Waals surface area contributed by atoms with Crippen LogP contribution in [0, 0.1) is 5.92 Å². The topological polar surface area (TPSA) is 68.3 Å². The Morgan fingerprint density at radius 3 is 2.37 bits per heavy atom. The third-order valence-corrected chi connectivity index (χ3v) is 6.41. The average Bonchev–Trinajstić information content (AvgIpc) is 3.36. The summed E-state index contributed by atoms with van der Waals surface area (Å²) in [7, 11) is 0. The normalized spacial score (nSPS) is 24.2. The Morgan fingerprint density at radius 2 is 1.85 bits per heavy atom. The van der Waals surface area contributed by atoms with Crippen molar-refractivity contribution < 1.29 is 14.9 Å². The van der Waals surface area contributed by atoms with E-state index in [2.05, 4.69) is 60.5 Å². The molecule has 0 bridgehead atoms. The average molecular weight is 498 g/mol. The van der Waals surface area contributed by atoms with E-state index < -0.39 is 17.9 Å². The number of rotatable bonds is 16. The first-order valence-corrected chi connectivity index (χ1v) is 12.1. The minimum atomic E-state index is -0.597. The summed E-state index contributed by atoms with van der Waals surface area (Å²) in [6, 6.07) is -0.0978. The van der Waals surface area contributed by atoms with Gasteiger partial charge in [0, 0.05) is 23.1 Å². The lowest BCUT2D eigenvalue weighted by atomic mass is 9.90. The maximum Gasteiger partial charge on any atom is 0.120 e. The fraction of sp³-hybridized carbons (Fsp3) is 1.00. The van der Waals surface area contributed by atoms with Crippen molar-refractivity contribution in [2.75, 3.05) is 26.2 Å². The molecule has 3 N–H and O–H groups in total. The second-order valence-corrected chi connectivity index (χ2v) is 10.5. The van der Waals surface area contributed by atoms with Gasteiger partial charge in [0.15, 0.2) is 0 Å². The van der Waals surface area contributed by atoms with Crippen LogP contribution in [0.25, 0.3) is 0 Å². The fourth-order valence-electron chi connectivity index (χ4n) is 3.56. The summed E-state index contributed by atoms with van der Waals surface area (Å²) in [5.41, 5.74) is -0.461. The molecule has 6 heteroatoms. The fourth-order valence-corrected chi connectivity index (χ4v) is 4.45. The van der Waals surface area contributed by atoms with Gasteiger partial charge in [0.05, 0.1) is 6.61 Å². The summed E-state index contributed by atoms with van der Waals surface area (Å²) in [5.74, 6) is 0.443. The molecule has 0 saturated carbocycles. The third-order valence-electron chi connectivity index (χ3n) is 5.40. The first-order chi connectivity index (χ1) is 12.7. The summed E-state index contributed by atoms with van der Waals surface area (Å²) in [6.45, 7) is 13.5. The van der Waals surface area contributed by atoms with Crippen molar-refractivity contribution in [2.24, 2.45) is 5.92 Å². The van der Waals surface area contributed by atoms with Gasteiger partial charge in [-0.2, -0.15) is 0 Å². The molecule has 0 amide bonds. The van der Waals surface area contributed by atoms with Gasteiger partial charge in [-0.25, -0.2) is 0 Å². The van der Waals surface area contributed by atoms with Gasteiger partial charge in [-0.1, -0.05) is 69.5 Å². The van der Waals surface area contributed by atoms with E-state index in [1.54, 1.807) is 0 Å². The van der Waals surface area contributed by atoms with Crippen LogP contribution >= 0.6 is 22.6 Å². The van der Waals surface area contributed by atoms with Crippen LogP contribution in [0.1, 0.15) is 73.1 Å². The molecule has 5 nitrogen and oxygen atoms in total. The van der Waals surface area contributed by atoms with Crippen LogP contribution in [0.4, 0.5) is 0 Å². The highest BCUT2D eigenvalue weighted by atomic mass is 127. The van der Waals surface area contributed by atoms with E-state index in [1.807, 2.05) is 6.92 Å². The highest BCUT2D eigenvalue weighted by molar-refractivity contribution is 14.1. The Balaban J connectivity index is 2.88. The molecule has 0 radical (unpaired) electrons. The Labute approximate surface area is 180 Å². The first kappa shape index (κ1) is 25.6. The largest absolute Gasteiger partial charge is 0.388 e. The molecule has 0 aromatic carbocycles. The molecule has 1 aliphatic heterocycles. The van der Waals surface area contributed by atoms with Crippen LogP contribution in [-0.2, 0) is 4.74 Å². The number of aliphatic hydroxyl groups excluding tert-OH is 2. The number of ether oxygens (including phenoxy) is 1. The minimum absolute atomic E-state index is 0.0978. The molecule has 1 fully saturated rings. The molecular weight excluding hydrogens is 455 g/mol. The van der Waals surface area contributed by atoms with Crippen LogP contribution in [0.2, 0.25) is 0 Å². The van der Waals surface area contributed by atoms with Crippen LogP contribution in [0.15, 0.2) is 0 Å². The Bertz CT molecular complexity index is 394. The Kier molecular flexibility index (Phi) is 12.3. The van der Waals surface area contributed by atoms with Gasteiger partial charge in [-0.15, -0.1) is 0 Å². The Hall–Kier alpha value is 0.530. The van der Waals surface area contributed by atoms with Crippen LogP contribution < -0.4 is 5.32 Å². The van der Waals surface area contributed by atoms with Gasteiger partial charge in [0.25, 0.3) is 0 Å². The lowest BCUT2D eigenvalue weighted by Crippen LogP contribution is -2.57. The van der Waals surface area contributed by atoms with E-state index >= 15 is 0 Å². The maximum atomic E-state index is 11.1. The lowest BCUT2D eigenvalue weighted by Gasteiger charge is -2.41.